The zero-order valence-corrected chi connectivity index (χ0v) is 18.2. The standard InChI is InChI=1S/C25H26N4O2/c1-16-6-5-7-17(12-16)13-22-20-14-21(24(30)15-23(20)27-26-22)25(31)29(4)19-10-8-18(9-11-19)28(2)3/h5-12,14-15,30H,13H2,1-4H3,(H,26,27). The molecule has 0 aliphatic heterocycles. The van der Waals surface area contributed by atoms with E-state index in [9.17, 15) is 9.90 Å². The fraction of sp³-hybridized carbons (Fsp3) is 0.200. The van der Waals surface area contributed by atoms with Crippen molar-refractivity contribution in [1.29, 1.82) is 0 Å². The normalized spacial score (nSPS) is 11.0. The van der Waals surface area contributed by atoms with E-state index < -0.39 is 0 Å². The molecule has 0 saturated carbocycles. The van der Waals surface area contributed by atoms with Gasteiger partial charge in [-0.15, -0.1) is 0 Å². The Labute approximate surface area is 181 Å². The summed E-state index contributed by atoms with van der Waals surface area (Å²) in [7, 11) is 5.65. The molecule has 0 spiro atoms. The fourth-order valence-corrected chi connectivity index (χ4v) is 3.70. The Balaban J connectivity index is 1.66. The number of nitrogens with one attached hydrogen (secondary N) is 1. The number of aryl methyl sites for hydroxylation is 1. The van der Waals surface area contributed by atoms with Crippen molar-refractivity contribution in [3.8, 4) is 5.75 Å². The Morgan fingerprint density at radius 2 is 1.71 bits per heavy atom. The number of phenols is 1. The molecule has 0 fully saturated rings. The van der Waals surface area contributed by atoms with Gasteiger partial charge in [0, 0.05) is 56.1 Å². The highest BCUT2D eigenvalue weighted by atomic mass is 16.3. The predicted molar refractivity (Wildman–Crippen MR) is 125 cm³/mol. The minimum Gasteiger partial charge on any atom is -0.507 e. The predicted octanol–water partition coefficient (Wildman–Crippen LogP) is 4.51. The third-order valence-corrected chi connectivity index (χ3v) is 5.50. The molecule has 0 bridgehead atoms. The number of fused-ring (bicyclic) bond motifs is 1. The number of benzene rings is 3. The van der Waals surface area contributed by atoms with Crippen molar-refractivity contribution in [3.05, 3.63) is 83.0 Å². The number of rotatable bonds is 5. The molecule has 1 amide bonds. The lowest BCUT2D eigenvalue weighted by atomic mass is 10.0. The summed E-state index contributed by atoms with van der Waals surface area (Å²) < 4.78 is 0. The van der Waals surface area contributed by atoms with E-state index in [0.29, 0.717) is 11.9 Å². The van der Waals surface area contributed by atoms with Crippen LogP contribution < -0.4 is 9.80 Å². The van der Waals surface area contributed by atoms with Gasteiger partial charge in [-0.3, -0.25) is 9.89 Å². The van der Waals surface area contributed by atoms with Crippen molar-refractivity contribution in [3.63, 3.8) is 0 Å². The van der Waals surface area contributed by atoms with Gasteiger partial charge in [0.05, 0.1) is 11.1 Å². The molecule has 31 heavy (non-hydrogen) atoms. The van der Waals surface area contributed by atoms with Crippen LogP contribution in [0.15, 0.2) is 60.7 Å². The van der Waals surface area contributed by atoms with Crippen LogP contribution in [0.4, 0.5) is 11.4 Å². The molecule has 0 aliphatic rings. The number of anilines is 2. The number of hydrogen-bond acceptors (Lipinski definition) is 4. The number of phenolic OH excluding ortho intramolecular Hbond substituents is 1. The number of aromatic hydroxyl groups is 1. The quantitative estimate of drug-likeness (QED) is 0.504. The van der Waals surface area contributed by atoms with Gasteiger partial charge < -0.3 is 14.9 Å². The first-order valence-electron chi connectivity index (χ1n) is 10.1. The van der Waals surface area contributed by atoms with E-state index in [1.165, 1.54) is 5.56 Å². The summed E-state index contributed by atoms with van der Waals surface area (Å²) >= 11 is 0. The van der Waals surface area contributed by atoms with Crippen LogP contribution in [-0.2, 0) is 6.42 Å². The second-order valence-electron chi connectivity index (χ2n) is 8.03. The smallest absolute Gasteiger partial charge is 0.261 e. The van der Waals surface area contributed by atoms with E-state index in [4.69, 9.17) is 0 Å². The van der Waals surface area contributed by atoms with Crippen LogP contribution in [0.1, 0.15) is 27.2 Å². The first-order valence-corrected chi connectivity index (χ1v) is 10.1. The number of carbonyl (C=O) groups excluding carboxylic acids is 1. The first kappa shape index (κ1) is 20.5. The molecule has 158 valence electrons. The van der Waals surface area contributed by atoms with Gasteiger partial charge in [-0.05, 0) is 42.8 Å². The third-order valence-electron chi connectivity index (χ3n) is 5.50. The highest BCUT2D eigenvalue weighted by Gasteiger charge is 2.20. The highest BCUT2D eigenvalue weighted by Crippen LogP contribution is 2.29. The van der Waals surface area contributed by atoms with E-state index in [0.717, 1.165) is 28.0 Å². The molecule has 1 heterocycles. The Hall–Kier alpha value is -3.80. The maximum absolute atomic E-state index is 13.2. The van der Waals surface area contributed by atoms with Crippen molar-refractivity contribution in [2.75, 3.05) is 30.9 Å². The molecule has 4 aromatic rings. The van der Waals surface area contributed by atoms with Crippen LogP contribution in [0.3, 0.4) is 0 Å². The summed E-state index contributed by atoms with van der Waals surface area (Å²) in [6.07, 6.45) is 0.665. The average molecular weight is 415 g/mol. The van der Waals surface area contributed by atoms with Crippen molar-refractivity contribution in [1.82, 2.24) is 10.2 Å². The number of H-pyrrole nitrogens is 1. The monoisotopic (exact) mass is 414 g/mol. The van der Waals surface area contributed by atoms with Gasteiger partial charge in [-0.2, -0.15) is 5.10 Å². The van der Waals surface area contributed by atoms with Crippen LogP contribution >= 0.6 is 0 Å². The van der Waals surface area contributed by atoms with E-state index in [-0.39, 0.29) is 17.2 Å². The van der Waals surface area contributed by atoms with Crippen molar-refractivity contribution in [2.24, 2.45) is 0 Å². The molecule has 0 unspecified atom stereocenters. The summed E-state index contributed by atoms with van der Waals surface area (Å²) in [5.41, 5.74) is 5.94. The lowest BCUT2D eigenvalue weighted by Crippen LogP contribution is -2.26. The van der Waals surface area contributed by atoms with Gasteiger partial charge >= 0.3 is 0 Å². The lowest BCUT2D eigenvalue weighted by Gasteiger charge is -2.20. The van der Waals surface area contributed by atoms with Crippen LogP contribution in [0.25, 0.3) is 10.9 Å². The Morgan fingerprint density at radius 1 is 1.00 bits per heavy atom. The summed E-state index contributed by atoms with van der Waals surface area (Å²) in [4.78, 5) is 16.7. The van der Waals surface area contributed by atoms with Gasteiger partial charge in [0.25, 0.3) is 5.91 Å². The molecule has 0 radical (unpaired) electrons. The van der Waals surface area contributed by atoms with Gasteiger partial charge in [-0.25, -0.2) is 0 Å². The minimum absolute atomic E-state index is 0.0807. The number of hydrogen-bond donors (Lipinski definition) is 2. The van der Waals surface area contributed by atoms with E-state index >= 15 is 0 Å². The topological polar surface area (TPSA) is 72.5 Å². The van der Waals surface area contributed by atoms with Crippen molar-refractivity contribution >= 4 is 28.2 Å². The first-order chi connectivity index (χ1) is 14.8. The van der Waals surface area contributed by atoms with Gasteiger partial charge in [0.15, 0.2) is 0 Å². The van der Waals surface area contributed by atoms with Crippen LogP contribution in [0.2, 0.25) is 0 Å². The van der Waals surface area contributed by atoms with E-state index in [1.807, 2.05) is 49.3 Å². The molecule has 0 aliphatic carbocycles. The second kappa shape index (κ2) is 8.14. The van der Waals surface area contributed by atoms with Crippen LogP contribution in [-0.4, -0.2) is 42.4 Å². The number of aromatic amines is 1. The molecule has 6 nitrogen and oxygen atoms in total. The van der Waals surface area contributed by atoms with Crippen LogP contribution in [0.5, 0.6) is 5.75 Å². The molecular formula is C25H26N4O2. The maximum Gasteiger partial charge on any atom is 0.261 e. The van der Waals surface area contributed by atoms with Gasteiger partial charge in [-0.1, -0.05) is 29.8 Å². The minimum atomic E-state index is -0.278. The van der Waals surface area contributed by atoms with Gasteiger partial charge in [0.1, 0.15) is 5.75 Å². The highest BCUT2D eigenvalue weighted by molar-refractivity contribution is 6.09. The number of amides is 1. The third kappa shape index (κ3) is 4.10. The lowest BCUT2D eigenvalue weighted by molar-refractivity contribution is 0.0990. The molecule has 0 saturated heterocycles. The second-order valence-corrected chi connectivity index (χ2v) is 8.03. The fourth-order valence-electron chi connectivity index (χ4n) is 3.70. The van der Waals surface area contributed by atoms with Crippen molar-refractivity contribution < 1.29 is 9.90 Å². The summed E-state index contributed by atoms with van der Waals surface area (Å²) in [5.74, 6) is -0.359. The Bertz CT molecular complexity index is 1240. The number of nitrogens with zero attached hydrogens (tertiary/aromatic N) is 3. The van der Waals surface area contributed by atoms with Crippen molar-refractivity contribution in [2.45, 2.75) is 13.3 Å². The number of aromatic nitrogens is 2. The molecule has 1 aromatic heterocycles. The molecular weight excluding hydrogens is 388 g/mol. The Morgan fingerprint density at radius 3 is 2.39 bits per heavy atom. The molecule has 3 aromatic carbocycles. The maximum atomic E-state index is 13.2. The number of carbonyl (C=O) groups is 1. The van der Waals surface area contributed by atoms with Gasteiger partial charge in [0.2, 0.25) is 0 Å². The molecule has 0 atom stereocenters. The summed E-state index contributed by atoms with van der Waals surface area (Å²) in [5, 5.41) is 18.7. The summed E-state index contributed by atoms with van der Waals surface area (Å²) in [6.45, 7) is 2.06. The molecule has 4 rings (SSSR count). The zero-order valence-electron chi connectivity index (χ0n) is 18.2. The Kier molecular flexibility index (Phi) is 5.38. The molecule has 6 heteroatoms. The average Bonchev–Trinajstić information content (AvgIpc) is 3.13. The zero-order chi connectivity index (χ0) is 22.1. The van der Waals surface area contributed by atoms with E-state index in [2.05, 4.69) is 35.3 Å². The SMILES string of the molecule is Cc1cccc(Cc2[nH]nc3cc(O)c(C(=O)N(C)c4ccc(N(C)C)cc4)cc23)c1. The molecule has 2 N–H and O–H groups in total. The van der Waals surface area contributed by atoms with E-state index in [1.54, 1.807) is 24.1 Å². The largest absolute Gasteiger partial charge is 0.507 e. The summed E-state index contributed by atoms with van der Waals surface area (Å²) in [6, 6.07) is 19.3. The van der Waals surface area contributed by atoms with Crippen LogP contribution in [0, 0.1) is 6.92 Å².